The van der Waals surface area contributed by atoms with Crippen LogP contribution in [0.1, 0.15) is 16.8 Å². The van der Waals surface area contributed by atoms with Gasteiger partial charge in [0.2, 0.25) is 0 Å². The number of benzene rings is 1. The number of hydrogen-bond donors (Lipinski definition) is 1. The molecule has 2 heterocycles. The standard InChI is InChI=1S/C13H14ClIN2O/c14-9-1-2-11(15)10(5-9)13(18)17-4-3-8-6-16-7-12(8)17/h1-2,5,8,12,16H,3-4,6-7H2/t8-,12+/m0/s1. The van der Waals surface area contributed by atoms with E-state index in [1.54, 1.807) is 6.07 Å². The minimum absolute atomic E-state index is 0.123. The Morgan fingerprint density at radius 3 is 3.11 bits per heavy atom. The van der Waals surface area contributed by atoms with E-state index in [9.17, 15) is 4.79 Å². The topological polar surface area (TPSA) is 32.3 Å². The molecule has 3 rings (SSSR count). The zero-order valence-corrected chi connectivity index (χ0v) is 12.7. The molecule has 0 aliphatic carbocycles. The summed E-state index contributed by atoms with van der Waals surface area (Å²) in [5, 5.41) is 3.99. The highest BCUT2D eigenvalue weighted by Gasteiger charge is 2.40. The number of likely N-dealkylation sites (tertiary alicyclic amines) is 1. The van der Waals surface area contributed by atoms with E-state index in [1.807, 2.05) is 17.0 Å². The predicted molar refractivity (Wildman–Crippen MR) is 80.0 cm³/mol. The number of carbonyl (C=O) groups is 1. The Bertz CT molecular complexity index is 494. The quantitative estimate of drug-likeness (QED) is 0.763. The van der Waals surface area contributed by atoms with Crippen LogP contribution in [-0.4, -0.2) is 36.5 Å². The summed E-state index contributed by atoms with van der Waals surface area (Å²) in [4.78, 5) is 14.6. The molecule has 0 radical (unpaired) electrons. The van der Waals surface area contributed by atoms with Crippen molar-refractivity contribution in [3.63, 3.8) is 0 Å². The molecule has 5 heteroatoms. The van der Waals surface area contributed by atoms with Crippen molar-refractivity contribution < 1.29 is 4.79 Å². The average Bonchev–Trinajstić information content (AvgIpc) is 2.93. The van der Waals surface area contributed by atoms with Crippen molar-refractivity contribution in [3.05, 3.63) is 32.4 Å². The molecule has 96 valence electrons. The Labute approximate surface area is 125 Å². The summed E-state index contributed by atoms with van der Waals surface area (Å²) in [6, 6.07) is 5.87. The van der Waals surface area contributed by atoms with Gasteiger partial charge in [0, 0.05) is 34.3 Å². The van der Waals surface area contributed by atoms with Crippen molar-refractivity contribution in [3.8, 4) is 0 Å². The van der Waals surface area contributed by atoms with Gasteiger partial charge in [-0.1, -0.05) is 11.6 Å². The Morgan fingerprint density at radius 1 is 1.44 bits per heavy atom. The first-order valence-corrected chi connectivity index (χ1v) is 7.59. The van der Waals surface area contributed by atoms with E-state index in [0.717, 1.165) is 35.2 Å². The summed E-state index contributed by atoms with van der Waals surface area (Å²) in [6.45, 7) is 2.84. The third kappa shape index (κ3) is 2.14. The summed E-state index contributed by atoms with van der Waals surface area (Å²) in [6.07, 6.45) is 1.11. The maximum atomic E-state index is 12.6. The van der Waals surface area contributed by atoms with Crippen molar-refractivity contribution in [1.82, 2.24) is 10.2 Å². The lowest BCUT2D eigenvalue weighted by Crippen LogP contribution is -2.39. The van der Waals surface area contributed by atoms with Crippen LogP contribution in [0.2, 0.25) is 5.02 Å². The van der Waals surface area contributed by atoms with Crippen LogP contribution in [0.15, 0.2) is 18.2 Å². The van der Waals surface area contributed by atoms with E-state index in [1.165, 1.54) is 0 Å². The molecule has 1 aromatic rings. The van der Waals surface area contributed by atoms with Gasteiger partial charge in [-0.3, -0.25) is 4.79 Å². The van der Waals surface area contributed by atoms with Crippen LogP contribution in [0.25, 0.3) is 0 Å². The number of rotatable bonds is 1. The summed E-state index contributed by atoms with van der Waals surface area (Å²) < 4.78 is 0.969. The highest BCUT2D eigenvalue weighted by molar-refractivity contribution is 14.1. The summed E-state index contributed by atoms with van der Waals surface area (Å²) in [5.41, 5.74) is 0.732. The number of halogens is 2. The Hall–Kier alpha value is -0.330. The van der Waals surface area contributed by atoms with E-state index < -0.39 is 0 Å². The summed E-state index contributed by atoms with van der Waals surface area (Å²) in [5.74, 6) is 0.754. The fourth-order valence-corrected chi connectivity index (χ4v) is 3.66. The van der Waals surface area contributed by atoms with Crippen molar-refractivity contribution in [1.29, 1.82) is 0 Å². The smallest absolute Gasteiger partial charge is 0.255 e. The number of nitrogens with zero attached hydrogens (tertiary/aromatic N) is 1. The maximum Gasteiger partial charge on any atom is 0.255 e. The maximum absolute atomic E-state index is 12.6. The number of carbonyl (C=O) groups excluding carboxylic acids is 1. The lowest BCUT2D eigenvalue weighted by molar-refractivity contribution is 0.0736. The minimum Gasteiger partial charge on any atom is -0.334 e. The van der Waals surface area contributed by atoms with Crippen LogP contribution >= 0.6 is 34.2 Å². The zero-order valence-electron chi connectivity index (χ0n) is 9.83. The van der Waals surface area contributed by atoms with Gasteiger partial charge in [-0.15, -0.1) is 0 Å². The molecule has 0 aromatic heterocycles. The molecule has 1 aromatic carbocycles. The first-order chi connectivity index (χ1) is 8.66. The van der Waals surface area contributed by atoms with Gasteiger partial charge in [0.1, 0.15) is 0 Å². The van der Waals surface area contributed by atoms with Gasteiger partial charge in [-0.05, 0) is 53.1 Å². The van der Waals surface area contributed by atoms with Gasteiger partial charge in [-0.25, -0.2) is 0 Å². The predicted octanol–water partition coefficient (Wildman–Crippen LogP) is 2.38. The van der Waals surface area contributed by atoms with Crippen LogP contribution in [-0.2, 0) is 0 Å². The van der Waals surface area contributed by atoms with E-state index in [0.29, 0.717) is 17.0 Å². The highest BCUT2D eigenvalue weighted by atomic mass is 127. The third-order valence-corrected chi connectivity index (χ3v) is 5.04. The molecule has 3 nitrogen and oxygen atoms in total. The van der Waals surface area contributed by atoms with E-state index in [4.69, 9.17) is 11.6 Å². The SMILES string of the molecule is O=C(c1cc(Cl)ccc1I)N1CC[C@H]2CNC[C@H]21. The Morgan fingerprint density at radius 2 is 2.28 bits per heavy atom. The zero-order chi connectivity index (χ0) is 12.7. The molecule has 0 saturated carbocycles. The fourth-order valence-electron chi connectivity index (χ4n) is 2.92. The number of fused-ring (bicyclic) bond motifs is 1. The normalized spacial score (nSPS) is 26.4. The lowest BCUT2D eigenvalue weighted by Gasteiger charge is -2.24. The monoisotopic (exact) mass is 376 g/mol. The first kappa shape index (κ1) is 12.7. The molecular weight excluding hydrogens is 363 g/mol. The van der Waals surface area contributed by atoms with Crippen molar-refractivity contribution >= 4 is 40.1 Å². The lowest BCUT2D eigenvalue weighted by atomic mass is 10.0. The molecule has 2 fully saturated rings. The summed E-state index contributed by atoms with van der Waals surface area (Å²) in [7, 11) is 0. The van der Waals surface area contributed by atoms with Crippen molar-refractivity contribution in [2.24, 2.45) is 5.92 Å². The van der Waals surface area contributed by atoms with Crippen molar-refractivity contribution in [2.75, 3.05) is 19.6 Å². The molecule has 2 aliphatic heterocycles. The second-order valence-corrected chi connectivity index (χ2v) is 6.50. The molecule has 0 spiro atoms. The van der Waals surface area contributed by atoms with Crippen LogP contribution in [0.5, 0.6) is 0 Å². The van der Waals surface area contributed by atoms with Gasteiger partial charge >= 0.3 is 0 Å². The minimum atomic E-state index is 0.123. The van der Waals surface area contributed by atoms with E-state index in [2.05, 4.69) is 27.9 Å². The van der Waals surface area contributed by atoms with Crippen LogP contribution < -0.4 is 5.32 Å². The van der Waals surface area contributed by atoms with Crippen molar-refractivity contribution in [2.45, 2.75) is 12.5 Å². The molecule has 18 heavy (non-hydrogen) atoms. The number of nitrogens with one attached hydrogen (secondary N) is 1. The average molecular weight is 377 g/mol. The number of amides is 1. The third-order valence-electron chi connectivity index (χ3n) is 3.86. The molecule has 2 aliphatic rings. The highest BCUT2D eigenvalue weighted by Crippen LogP contribution is 2.30. The second-order valence-electron chi connectivity index (χ2n) is 4.90. The van der Waals surface area contributed by atoms with Gasteiger partial charge in [-0.2, -0.15) is 0 Å². The van der Waals surface area contributed by atoms with Gasteiger partial charge in [0.15, 0.2) is 0 Å². The molecule has 2 saturated heterocycles. The van der Waals surface area contributed by atoms with Crippen LogP contribution in [0.3, 0.4) is 0 Å². The Balaban J connectivity index is 1.88. The van der Waals surface area contributed by atoms with Crippen LogP contribution in [0, 0.1) is 9.49 Å². The fraction of sp³-hybridized carbons (Fsp3) is 0.462. The van der Waals surface area contributed by atoms with Gasteiger partial charge in [0.05, 0.1) is 5.56 Å². The van der Waals surface area contributed by atoms with Crippen LogP contribution in [0.4, 0.5) is 0 Å². The van der Waals surface area contributed by atoms with E-state index in [-0.39, 0.29) is 5.91 Å². The number of hydrogen-bond acceptors (Lipinski definition) is 2. The molecule has 1 amide bonds. The molecular formula is C13H14ClIN2O. The molecule has 0 unspecified atom stereocenters. The second kappa shape index (κ2) is 4.98. The molecule has 2 atom stereocenters. The largest absolute Gasteiger partial charge is 0.334 e. The van der Waals surface area contributed by atoms with Gasteiger partial charge < -0.3 is 10.2 Å². The first-order valence-electron chi connectivity index (χ1n) is 6.13. The Kier molecular flexibility index (Phi) is 3.51. The summed E-state index contributed by atoms with van der Waals surface area (Å²) >= 11 is 8.19. The molecule has 1 N–H and O–H groups in total. The van der Waals surface area contributed by atoms with E-state index >= 15 is 0 Å². The molecule has 0 bridgehead atoms. The van der Waals surface area contributed by atoms with Gasteiger partial charge in [0.25, 0.3) is 5.91 Å².